The third-order valence-electron chi connectivity index (χ3n) is 2.22. The summed E-state index contributed by atoms with van der Waals surface area (Å²) >= 11 is 0. The van der Waals surface area contributed by atoms with E-state index < -0.39 is 0 Å². The average molecular weight is 235 g/mol. The van der Waals surface area contributed by atoms with Crippen LogP contribution in [0.15, 0.2) is 24.3 Å². The van der Waals surface area contributed by atoms with E-state index in [4.69, 9.17) is 0 Å². The number of likely N-dealkylation sites (N-methyl/N-ethyl adjacent to an activating group) is 1. The van der Waals surface area contributed by atoms with Gasteiger partial charge in [-0.1, -0.05) is 0 Å². The molecule has 1 rings (SSSR count). The first-order valence-corrected chi connectivity index (χ1v) is 5.50. The van der Waals surface area contributed by atoms with Crippen molar-refractivity contribution in [3.05, 3.63) is 29.8 Å². The standard InChI is InChI=1S/C12H17N3O2/c1-3-14-10-6-4-9(5-7-10)12(17)15-8-11(16)13-2/h4-7,14H,3,8H2,1-2H3,(H,13,16)(H,15,17). The van der Waals surface area contributed by atoms with Gasteiger partial charge in [-0.15, -0.1) is 0 Å². The minimum Gasteiger partial charge on any atom is -0.385 e. The SMILES string of the molecule is CCNc1ccc(C(=O)NCC(=O)NC)cc1. The molecule has 92 valence electrons. The molecule has 1 aromatic carbocycles. The number of carbonyl (C=O) groups excluding carboxylic acids is 2. The lowest BCUT2D eigenvalue weighted by molar-refractivity contribution is -0.119. The first-order valence-electron chi connectivity index (χ1n) is 5.50. The molecule has 3 N–H and O–H groups in total. The van der Waals surface area contributed by atoms with Gasteiger partial charge in [-0.25, -0.2) is 0 Å². The first-order chi connectivity index (χ1) is 8.17. The zero-order valence-corrected chi connectivity index (χ0v) is 10.0. The van der Waals surface area contributed by atoms with E-state index in [2.05, 4.69) is 16.0 Å². The van der Waals surface area contributed by atoms with E-state index >= 15 is 0 Å². The lowest BCUT2D eigenvalue weighted by Gasteiger charge is -2.06. The minimum absolute atomic E-state index is 0.00963. The number of carbonyl (C=O) groups is 2. The van der Waals surface area contributed by atoms with Crippen LogP contribution in [-0.4, -0.2) is 32.0 Å². The van der Waals surface area contributed by atoms with Crippen LogP contribution in [-0.2, 0) is 4.79 Å². The van der Waals surface area contributed by atoms with E-state index in [1.165, 1.54) is 7.05 Å². The van der Waals surface area contributed by atoms with Gasteiger partial charge < -0.3 is 16.0 Å². The number of rotatable bonds is 5. The molecule has 0 saturated heterocycles. The van der Waals surface area contributed by atoms with Crippen molar-refractivity contribution in [1.29, 1.82) is 0 Å². The zero-order chi connectivity index (χ0) is 12.7. The number of amides is 2. The summed E-state index contributed by atoms with van der Waals surface area (Å²) < 4.78 is 0. The molecule has 2 amide bonds. The normalized spacial score (nSPS) is 9.53. The molecular weight excluding hydrogens is 218 g/mol. The average Bonchev–Trinajstić information content (AvgIpc) is 2.36. The predicted molar refractivity (Wildman–Crippen MR) is 67.0 cm³/mol. The van der Waals surface area contributed by atoms with Crippen LogP contribution in [0, 0.1) is 0 Å². The Morgan fingerprint density at radius 3 is 2.35 bits per heavy atom. The van der Waals surface area contributed by atoms with Crippen molar-refractivity contribution < 1.29 is 9.59 Å². The summed E-state index contributed by atoms with van der Waals surface area (Å²) in [5.41, 5.74) is 1.51. The van der Waals surface area contributed by atoms with Gasteiger partial charge in [0.05, 0.1) is 6.54 Å². The lowest BCUT2D eigenvalue weighted by Crippen LogP contribution is -2.35. The molecule has 0 spiro atoms. The fourth-order valence-corrected chi connectivity index (χ4v) is 1.29. The quantitative estimate of drug-likeness (QED) is 0.699. The fourth-order valence-electron chi connectivity index (χ4n) is 1.29. The highest BCUT2D eigenvalue weighted by Gasteiger charge is 2.06. The highest BCUT2D eigenvalue weighted by atomic mass is 16.2. The van der Waals surface area contributed by atoms with Gasteiger partial charge in [-0.2, -0.15) is 0 Å². The summed E-state index contributed by atoms with van der Waals surface area (Å²) in [7, 11) is 1.53. The monoisotopic (exact) mass is 235 g/mol. The molecule has 1 aromatic rings. The highest BCUT2D eigenvalue weighted by molar-refractivity contribution is 5.96. The third-order valence-corrected chi connectivity index (χ3v) is 2.22. The molecule has 0 radical (unpaired) electrons. The van der Waals surface area contributed by atoms with Crippen LogP contribution in [0.4, 0.5) is 5.69 Å². The molecule has 0 aliphatic carbocycles. The van der Waals surface area contributed by atoms with E-state index in [9.17, 15) is 9.59 Å². The van der Waals surface area contributed by atoms with Gasteiger partial charge in [0, 0.05) is 24.8 Å². The van der Waals surface area contributed by atoms with Gasteiger partial charge in [0.2, 0.25) is 5.91 Å². The van der Waals surface area contributed by atoms with Gasteiger partial charge in [0.1, 0.15) is 0 Å². The molecule has 0 bridgehead atoms. The van der Waals surface area contributed by atoms with Crippen molar-refractivity contribution in [2.75, 3.05) is 25.5 Å². The Balaban J connectivity index is 2.54. The van der Waals surface area contributed by atoms with E-state index in [0.717, 1.165) is 12.2 Å². The summed E-state index contributed by atoms with van der Waals surface area (Å²) in [5.74, 6) is -0.473. The Kier molecular flexibility index (Phi) is 5.00. The molecule has 0 unspecified atom stereocenters. The third kappa shape index (κ3) is 4.14. The van der Waals surface area contributed by atoms with Crippen LogP contribution >= 0.6 is 0 Å². The maximum absolute atomic E-state index is 11.6. The van der Waals surface area contributed by atoms with E-state index in [1.807, 2.05) is 19.1 Å². The van der Waals surface area contributed by atoms with E-state index in [0.29, 0.717) is 5.56 Å². The van der Waals surface area contributed by atoms with Crippen LogP contribution in [0.1, 0.15) is 17.3 Å². The smallest absolute Gasteiger partial charge is 0.251 e. The summed E-state index contributed by atoms with van der Waals surface area (Å²) in [5, 5.41) is 8.10. The highest BCUT2D eigenvalue weighted by Crippen LogP contribution is 2.08. The van der Waals surface area contributed by atoms with Crippen molar-refractivity contribution in [3.8, 4) is 0 Å². The Morgan fingerprint density at radius 1 is 1.18 bits per heavy atom. The maximum atomic E-state index is 11.6. The van der Waals surface area contributed by atoms with Crippen molar-refractivity contribution >= 4 is 17.5 Å². The largest absolute Gasteiger partial charge is 0.385 e. The van der Waals surface area contributed by atoms with Crippen molar-refractivity contribution in [2.45, 2.75) is 6.92 Å². The number of hydrogen-bond donors (Lipinski definition) is 3. The van der Waals surface area contributed by atoms with Crippen molar-refractivity contribution in [2.24, 2.45) is 0 Å². The first kappa shape index (κ1) is 13.0. The van der Waals surface area contributed by atoms with Crippen molar-refractivity contribution in [3.63, 3.8) is 0 Å². The van der Waals surface area contributed by atoms with Crippen LogP contribution in [0.25, 0.3) is 0 Å². The molecular formula is C12H17N3O2. The van der Waals surface area contributed by atoms with Gasteiger partial charge >= 0.3 is 0 Å². The van der Waals surface area contributed by atoms with Crippen LogP contribution in [0.3, 0.4) is 0 Å². The van der Waals surface area contributed by atoms with Gasteiger partial charge in [0.15, 0.2) is 0 Å². The molecule has 5 heteroatoms. The van der Waals surface area contributed by atoms with Crippen LogP contribution in [0.2, 0.25) is 0 Å². The number of benzene rings is 1. The summed E-state index contributed by atoms with van der Waals surface area (Å²) in [6.07, 6.45) is 0. The lowest BCUT2D eigenvalue weighted by atomic mass is 10.2. The Bertz CT molecular complexity index is 387. The van der Waals surface area contributed by atoms with Crippen molar-refractivity contribution in [1.82, 2.24) is 10.6 Å². The predicted octanol–water partition coefficient (Wildman–Crippen LogP) is 0.594. The maximum Gasteiger partial charge on any atom is 0.251 e. The second-order valence-electron chi connectivity index (χ2n) is 3.46. The fraction of sp³-hybridized carbons (Fsp3) is 0.333. The number of anilines is 1. The van der Waals surface area contributed by atoms with E-state index in [-0.39, 0.29) is 18.4 Å². The second-order valence-corrected chi connectivity index (χ2v) is 3.46. The molecule has 17 heavy (non-hydrogen) atoms. The minimum atomic E-state index is -0.253. The molecule has 0 heterocycles. The molecule has 0 aliphatic heterocycles. The van der Waals surface area contributed by atoms with Gasteiger partial charge in [-0.3, -0.25) is 9.59 Å². The van der Waals surface area contributed by atoms with Crippen LogP contribution in [0.5, 0.6) is 0 Å². The van der Waals surface area contributed by atoms with Gasteiger partial charge in [0.25, 0.3) is 5.91 Å². The van der Waals surface area contributed by atoms with E-state index in [1.54, 1.807) is 12.1 Å². The Morgan fingerprint density at radius 2 is 1.82 bits per heavy atom. The molecule has 5 nitrogen and oxygen atoms in total. The molecule has 0 aromatic heterocycles. The molecule has 0 saturated carbocycles. The number of hydrogen-bond acceptors (Lipinski definition) is 3. The van der Waals surface area contributed by atoms with Crippen LogP contribution < -0.4 is 16.0 Å². The topological polar surface area (TPSA) is 70.2 Å². The number of nitrogens with one attached hydrogen (secondary N) is 3. The Hall–Kier alpha value is -2.04. The summed E-state index contributed by atoms with van der Waals surface area (Å²) in [6.45, 7) is 2.83. The summed E-state index contributed by atoms with van der Waals surface area (Å²) in [6, 6.07) is 7.10. The van der Waals surface area contributed by atoms with Gasteiger partial charge in [-0.05, 0) is 31.2 Å². The molecule has 0 aliphatic rings. The summed E-state index contributed by atoms with van der Waals surface area (Å²) in [4.78, 5) is 22.6. The molecule has 0 atom stereocenters. The Labute approximate surface area is 101 Å². The second kappa shape index (κ2) is 6.52. The zero-order valence-electron chi connectivity index (χ0n) is 10.0. The molecule has 0 fully saturated rings.